The Hall–Kier alpha value is -1.32. The van der Waals surface area contributed by atoms with Gasteiger partial charge in [0.05, 0.1) is 12.2 Å². The Morgan fingerprint density at radius 1 is 1.40 bits per heavy atom. The minimum absolute atomic E-state index is 0.116. The Balaban J connectivity index is 1.61. The Morgan fingerprint density at radius 2 is 2.10 bits per heavy atom. The summed E-state index contributed by atoms with van der Waals surface area (Å²) in [6.07, 6.45) is 9.99. The van der Waals surface area contributed by atoms with Crippen molar-refractivity contribution in [3.63, 3.8) is 0 Å². The molecule has 1 amide bonds. The zero-order valence-corrected chi connectivity index (χ0v) is 12.5. The molecule has 4 heteroatoms. The molecule has 2 saturated carbocycles. The van der Waals surface area contributed by atoms with Gasteiger partial charge < -0.3 is 5.32 Å². The summed E-state index contributed by atoms with van der Waals surface area (Å²) >= 11 is 0. The number of aryl methyl sites for hydroxylation is 1. The second kappa shape index (κ2) is 5.58. The van der Waals surface area contributed by atoms with E-state index in [0.717, 1.165) is 18.5 Å². The van der Waals surface area contributed by atoms with Crippen LogP contribution in [0.4, 0.5) is 0 Å². The van der Waals surface area contributed by atoms with Gasteiger partial charge in [0.1, 0.15) is 0 Å². The quantitative estimate of drug-likeness (QED) is 0.898. The van der Waals surface area contributed by atoms with E-state index in [1.165, 1.54) is 25.7 Å². The van der Waals surface area contributed by atoms with Crippen LogP contribution in [0.5, 0.6) is 0 Å². The Kier molecular flexibility index (Phi) is 3.81. The minimum atomic E-state index is 0.116. The van der Waals surface area contributed by atoms with Gasteiger partial charge in [0.2, 0.25) is 5.91 Å². The van der Waals surface area contributed by atoms with E-state index in [1.807, 2.05) is 17.1 Å². The summed E-state index contributed by atoms with van der Waals surface area (Å²) in [7, 11) is 0. The largest absolute Gasteiger partial charge is 0.349 e. The molecule has 20 heavy (non-hydrogen) atoms. The topological polar surface area (TPSA) is 46.9 Å². The highest BCUT2D eigenvalue weighted by Crippen LogP contribution is 2.55. The summed E-state index contributed by atoms with van der Waals surface area (Å²) in [5.74, 6) is 1.94. The van der Waals surface area contributed by atoms with E-state index in [1.54, 1.807) is 0 Å². The molecule has 0 aliphatic heterocycles. The summed E-state index contributed by atoms with van der Waals surface area (Å²) < 4.78 is 1.92. The molecule has 0 spiro atoms. The highest BCUT2D eigenvalue weighted by Gasteiger charge is 2.54. The summed E-state index contributed by atoms with van der Waals surface area (Å²) in [4.78, 5) is 12.5. The molecule has 2 aliphatic rings. The minimum Gasteiger partial charge on any atom is -0.349 e. The zero-order chi connectivity index (χ0) is 14.1. The second-order valence-corrected chi connectivity index (χ2v) is 6.24. The number of rotatable bonds is 5. The van der Waals surface area contributed by atoms with E-state index in [0.29, 0.717) is 17.8 Å². The molecule has 4 nitrogen and oxygen atoms in total. The van der Waals surface area contributed by atoms with Crippen LogP contribution in [0.1, 0.15) is 57.6 Å². The number of nitrogens with zero attached hydrogens (tertiary/aromatic N) is 2. The van der Waals surface area contributed by atoms with Crippen LogP contribution < -0.4 is 5.32 Å². The van der Waals surface area contributed by atoms with Crippen LogP contribution >= 0.6 is 0 Å². The SMILES string of the molecule is CC[C@H](NC(=O)C1[C@H]2CCCC[C@H]12)c1cnn(CC)c1. The van der Waals surface area contributed by atoms with E-state index in [9.17, 15) is 4.79 Å². The molecule has 110 valence electrons. The molecule has 0 bridgehead atoms. The van der Waals surface area contributed by atoms with E-state index in [2.05, 4.69) is 24.3 Å². The van der Waals surface area contributed by atoms with Crippen LogP contribution in [0.3, 0.4) is 0 Å². The highest BCUT2D eigenvalue weighted by atomic mass is 16.2. The van der Waals surface area contributed by atoms with E-state index >= 15 is 0 Å². The molecule has 3 rings (SSSR count). The Morgan fingerprint density at radius 3 is 2.65 bits per heavy atom. The molecule has 0 unspecified atom stereocenters. The molecule has 0 radical (unpaired) electrons. The van der Waals surface area contributed by atoms with Gasteiger partial charge in [-0.2, -0.15) is 5.10 Å². The van der Waals surface area contributed by atoms with E-state index in [-0.39, 0.29) is 11.9 Å². The average molecular weight is 275 g/mol. The van der Waals surface area contributed by atoms with Crippen molar-refractivity contribution in [2.45, 2.75) is 58.5 Å². The molecule has 1 N–H and O–H groups in total. The smallest absolute Gasteiger partial charge is 0.224 e. The van der Waals surface area contributed by atoms with Gasteiger partial charge >= 0.3 is 0 Å². The lowest BCUT2D eigenvalue weighted by atomic mass is 10.0. The van der Waals surface area contributed by atoms with Crippen LogP contribution in [0, 0.1) is 17.8 Å². The molecular weight excluding hydrogens is 250 g/mol. The lowest BCUT2D eigenvalue weighted by molar-refractivity contribution is -0.123. The van der Waals surface area contributed by atoms with E-state index < -0.39 is 0 Å². The normalized spacial score (nSPS) is 29.6. The molecule has 1 aromatic heterocycles. The summed E-state index contributed by atoms with van der Waals surface area (Å²) in [6, 6.07) is 0.116. The molecule has 1 aromatic rings. The monoisotopic (exact) mass is 275 g/mol. The summed E-state index contributed by atoms with van der Waals surface area (Å²) in [5, 5.41) is 7.56. The Labute approximate surface area is 120 Å². The van der Waals surface area contributed by atoms with E-state index in [4.69, 9.17) is 0 Å². The van der Waals surface area contributed by atoms with Gasteiger partial charge in [0.15, 0.2) is 0 Å². The fraction of sp³-hybridized carbons (Fsp3) is 0.750. The maximum absolute atomic E-state index is 12.5. The fourth-order valence-corrected chi connectivity index (χ4v) is 3.80. The van der Waals surface area contributed by atoms with Crippen LogP contribution in [0.2, 0.25) is 0 Å². The molecule has 0 saturated heterocycles. The van der Waals surface area contributed by atoms with Gasteiger partial charge in [-0.15, -0.1) is 0 Å². The lowest BCUT2D eigenvalue weighted by Crippen LogP contribution is -2.30. The van der Waals surface area contributed by atoms with Crippen molar-refractivity contribution in [1.82, 2.24) is 15.1 Å². The molecule has 3 atom stereocenters. The van der Waals surface area contributed by atoms with Gasteiger partial charge in [-0.3, -0.25) is 9.48 Å². The fourth-order valence-electron chi connectivity index (χ4n) is 3.80. The number of nitrogens with one attached hydrogen (secondary N) is 1. The third-order valence-corrected chi connectivity index (χ3v) is 5.06. The van der Waals surface area contributed by atoms with Crippen molar-refractivity contribution in [3.05, 3.63) is 18.0 Å². The van der Waals surface area contributed by atoms with Crippen molar-refractivity contribution in [2.75, 3.05) is 0 Å². The molecular formula is C16H25N3O. The maximum Gasteiger partial charge on any atom is 0.224 e. The number of amides is 1. The number of hydrogen-bond acceptors (Lipinski definition) is 2. The number of fused-ring (bicyclic) bond motifs is 1. The standard InChI is InChI=1S/C16H25N3O/c1-3-14(11-9-17-19(4-2)10-11)18-16(20)15-12-7-5-6-8-13(12)15/h9-10,12-15H,3-8H2,1-2H3,(H,18,20)/t12-,13-,14-/m0/s1. The van der Waals surface area contributed by atoms with Crippen LogP contribution in [-0.2, 0) is 11.3 Å². The second-order valence-electron chi connectivity index (χ2n) is 6.24. The van der Waals surface area contributed by atoms with Crippen LogP contribution in [0.15, 0.2) is 12.4 Å². The first-order valence-corrected chi connectivity index (χ1v) is 8.07. The third-order valence-electron chi connectivity index (χ3n) is 5.06. The average Bonchev–Trinajstić information content (AvgIpc) is 3.02. The first kappa shape index (κ1) is 13.7. The molecule has 2 fully saturated rings. The van der Waals surface area contributed by atoms with Gasteiger partial charge in [-0.05, 0) is 38.0 Å². The Bertz CT molecular complexity index is 470. The van der Waals surface area contributed by atoms with Gasteiger partial charge in [-0.1, -0.05) is 19.8 Å². The number of carbonyl (C=O) groups is 1. The van der Waals surface area contributed by atoms with Gasteiger partial charge in [0, 0.05) is 24.2 Å². The zero-order valence-electron chi connectivity index (χ0n) is 12.5. The van der Waals surface area contributed by atoms with Gasteiger partial charge in [-0.25, -0.2) is 0 Å². The molecule has 1 heterocycles. The van der Waals surface area contributed by atoms with Crippen molar-refractivity contribution < 1.29 is 4.79 Å². The number of carbonyl (C=O) groups excluding carboxylic acids is 1. The van der Waals surface area contributed by atoms with Crippen molar-refractivity contribution in [2.24, 2.45) is 17.8 Å². The third kappa shape index (κ3) is 2.48. The molecule has 2 aliphatic carbocycles. The van der Waals surface area contributed by atoms with Gasteiger partial charge in [0.25, 0.3) is 0 Å². The molecule has 0 aromatic carbocycles. The first-order valence-electron chi connectivity index (χ1n) is 8.07. The number of hydrogen-bond donors (Lipinski definition) is 1. The summed E-state index contributed by atoms with van der Waals surface area (Å²) in [5.41, 5.74) is 1.13. The van der Waals surface area contributed by atoms with Crippen LogP contribution in [-0.4, -0.2) is 15.7 Å². The number of aromatic nitrogens is 2. The predicted octanol–water partition coefficient (Wildman–Crippen LogP) is 2.91. The predicted molar refractivity (Wildman–Crippen MR) is 78.0 cm³/mol. The van der Waals surface area contributed by atoms with Crippen molar-refractivity contribution in [3.8, 4) is 0 Å². The summed E-state index contributed by atoms with van der Waals surface area (Å²) in [6.45, 7) is 5.07. The maximum atomic E-state index is 12.5. The lowest BCUT2D eigenvalue weighted by Gasteiger charge is -2.15. The first-order chi connectivity index (χ1) is 9.74. The van der Waals surface area contributed by atoms with Crippen molar-refractivity contribution >= 4 is 5.91 Å². The highest BCUT2D eigenvalue weighted by molar-refractivity contribution is 5.82. The van der Waals surface area contributed by atoms with Crippen LogP contribution in [0.25, 0.3) is 0 Å². The van der Waals surface area contributed by atoms with Crippen molar-refractivity contribution in [1.29, 1.82) is 0 Å².